The monoisotopic (exact) mass is 611 g/mol. The van der Waals surface area contributed by atoms with E-state index < -0.39 is 48.3 Å². The number of carbonyl (C=O) groups excluding carboxylic acids is 4. The van der Waals surface area contributed by atoms with E-state index in [4.69, 9.17) is 38.9 Å². The van der Waals surface area contributed by atoms with Gasteiger partial charge in [0.25, 0.3) is 0 Å². The van der Waals surface area contributed by atoms with Crippen LogP contribution in [-0.2, 0) is 34.9 Å². The van der Waals surface area contributed by atoms with Crippen molar-refractivity contribution in [2.45, 2.75) is 105 Å². The summed E-state index contributed by atoms with van der Waals surface area (Å²) in [5, 5.41) is 0. The summed E-state index contributed by atoms with van der Waals surface area (Å²) in [5.41, 5.74) is 5.29. The van der Waals surface area contributed by atoms with Gasteiger partial charge >= 0.3 is 24.4 Å². The third kappa shape index (κ3) is 13.5. The van der Waals surface area contributed by atoms with Gasteiger partial charge in [-0.3, -0.25) is 4.79 Å². The normalized spacial score (nSPS) is 14.7. The molecule has 2 N–H and O–H groups in total. The van der Waals surface area contributed by atoms with Gasteiger partial charge in [0, 0.05) is 12.8 Å². The molecule has 0 fully saturated rings. The molecule has 4 atom stereocenters. The van der Waals surface area contributed by atoms with Crippen LogP contribution in [0, 0.1) is 17.8 Å². The Balaban J connectivity index is 3.23. The molecule has 1 aromatic carbocycles. The molecule has 244 valence electrons. The molecule has 1 rings (SSSR count). The van der Waals surface area contributed by atoms with Gasteiger partial charge in [0.2, 0.25) is 0 Å². The number of ether oxygens (including phenoxy) is 7. The van der Waals surface area contributed by atoms with Crippen LogP contribution in [0.4, 0.5) is 14.4 Å². The standard InChI is InChI=1S/C31H49NO11/c1-18(2)13-14-38-28(34)39-21(7)16-31(32,27(33)37-10)17-24-11-12-25(42-29(35)40-22(8)19(3)4)26(15-24)43-30(36)41-23(9)20(5)6/h11-12,15,18-23H,13-14,16-17,32H2,1-10H3/t21-,22-,23?,31?/m0/s1. The molecule has 12 nitrogen and oxygen atoms in total. The second-order valence-electron chi connectivity index (χ2n) is 11.9. The molecular formula is C31H49NO11. The molecule has 0 saturated heterocycles. The van der Waals surface area contributed by atoms with Crippen molar-refractivity contribution in [2.75, 3.05) is 13.7 Å². The zero-order valence-electron chi connectivity index (χ0n) is 27.1. The van der Waals surface area contributed by atoms with Crippen molar-refractivity contribution in [1.29, 1.82) is 0 Å². The number of benzene rings is 1. The lowest BCUT2D eigenvalue weighted by molar-refractivity contribution is -0.148. The average Bonchev–Trinajstić information content (AvgIpc) is 2.88. The lowest BCUT2D eigenvalue weighted by Crippen LogP contribution is -2.53. The van der Waals surface area contributed by atoms with Crippen molar-refractivity contribution in [1.82, 2.24) is 0 Å². The van der Waals surface area contributed by atoms with E-state index >= 15 is 0 Å². The number of hydrogen-bond acceptors (Lipinski definition) is 12. The average molecular weight is 612 g/mol. The highest BCUT2D eigenvalue weighted by molar-refractivity contribution is 5.81. The Morgan fingerprint density at radius 2 is 1.30 bits per heavy atom. The highest BCUT2D eigenvalue weighted by Gasteiger charge is 2.38. The van der Waals surface area contributed by atoms with Crippen LogP contribution in [0.1, 0.15) is 80.7 Å². The molecule has 12 heteroatoms. The minimum atomic E-state index is -1.65. The van der Waals surface area contributed by atoms with E-state index in [1.165, 1.54) is 19.2 Å². The number of nitrogens with two attached hydrogens (primary N) is 1. The summed E-state index contributed by atoms with van der Waals surface area (Å²) < 4.78 is 36.7. The maximum Gasteiger partial charge on any atom is 0.514 e. The van der Waals surface area contributed by atoms with Crippen molar-refractivity contribution in [3.8, 4) is 11.5 Å². The molecule has 0 bridgehead atoms. The van der Waals surface area contributed by atoms with Crippen LogP contribution < -0.4 is 15.2 Å². The van der Waals surface area contributed by atoms with E-state index in [0.717, 1.165) is 0 Å². The Bertz CT molecular complexity index is 1070. The highest BCUT2D eigenvalue weighted by Crippen LogP contribution is 2.32. The number of hydrogen-bond donors (Lipinski definition) is 1. The van der Waals surface area contributed by atoms with Crippen LogP contribution in [0.2, 0.25) is 0 Å². The van der Waals surface area contributed by atoms with E-state index in [2.05, 4.69) is 0 Å². The molecule has 0 aromatic heterocycles. The first-order valence-corrected chi connectivity index (χ1v) is 14.6. The Morgan fingerprint density at radius 3 is 1.79 bits per heavy atom. The van der Waals surface area contributed by atoms with E-state index in [-0.39, 0.29) is 42.8 Å². The maximum absolute atomic E-state index is 12.8. The first-order chi connectivity index (χ1) is 20.0. The lowest BCUT2D eigenvalue weighted by Gasteiger charge is -2.29. The highest BCUT2D eigenvalue weighted by atomic mass is 16.8. The minimum Gasteiger partial charge on any atom is -0.468 e. The molecule has 43 heavy (non-hydrogen) atoms. The van der Waals surface area contributed by atoms with Gasteiger partial charge in [-0.25, -0.2) is 14.4 Å². The summed E-state index contributed by atoms with van der Waals surface area (Å²) in [6.07, 6.45) is -4.11. The zero-order valence-corrected chi connectivity index (χ0v) is 27.1. The van der Waals surface area contributed by atoms with Crippen molar-refractivity contribution in [3.63, 3.8) is 0 Å². The molecule has 0 heterocycles. The lowest BCUT2D eigenvalue weighted by atomic mass is 9.86. The Hall–Kier alpha value is -3.54. The fourth-order valence-corrected chi connectivity index (χ4v) is 3.56. The van der Waals surface area contributed by atoms with E-state index in [9.17, 15) is 19.2 Å². The van der Waals surface area contributed by atoms with Crippen molar-refractivity contribution < 1.29 is 52.3 Å². The van der Waals surface area contributed by atoms with Crippen LogP contribution in [-0.4, -0.2) is 62.0 Å². The molecule has 0 aliphatic heterocycles. The largest absolute Gasteiger partial charge is 0.514 e. The third-order valence-electron chi connectivity index (χ3n) is 6.81. The summed E-state index contributed by atoms with van der Waals surface area (Å²) in [7, 11) is 1.19. The smallest absolute Gasteiger partial charge is 0.468 e. The van der Waals surface area contributed by atoms with Crippen LogP contribution >= 0.6 is 0 Å². The summed E-state index contributed by atoms with van der Waals surface area (Å²) in [4.78, 5) is 49.9. The fourth-order valence-electron chi connectivity index (χ4n) is 3.56. The van der Waals surface area contributed by atoms with E-state index in [0.29, 0.717) is 17.9 Å². The van der Waals surface area contributed by atoms with Crippen molar-refractivity contribution in [2.24, 2.45) is 23.5 Å². The predicted octanol–water partition coefficient (Wildman–Crippen LogP) is 6.20. The maximum atomic E-state index is 12.8. The first-order valence-electron chi connectivity index (χ1n) is 14.6. The van der Waals surface area contributed by atoms with Gasteiger partial charge in [-0.1, -0.05) is 47.6 Å². The molecular weight excluding hydrogens is 562 g/mol. The van der Waals surface area contributed by atoms with Gasteiger partial charge in [0.15, 0.2) is 11.5 Å². The summed E-state index contributed by atoms with van der Waals surface area (Å²) in [6.45, 7) is 16.7. The number of methoxy groups -OCH3 is 1. The van der Waals surface area contributed by atoms with Crippen LogP contribution in [0.3, 0.4) is 0 Å². The second kappa shape index (κ2) is 17.5. The Kier molecular flexibility index (Phi) is 15.3. The number of esters is 1. The van der Waals surface area contributed by atoms with Gasteiger partial charge in [-0.15, -0.1) is 0 Å². The predicted molar refractivity (Wildman–Crippen MR) is 158 cm³/mol. The fraction of sp³-hybridized carbons (Fsp3) is 0.677. The topological polar surface area (TPSA) is 159 Å². The van der Waals surface area contributed by atoms with E-state index in [1.54, 1.807) is 26.8 Å². The Morgan fingerprint density at radius 1 is 0.767 bits per heavy atom. The third-order valence-corrected chi connectivity index (χ3v) is 6.81. The van der Waals surface area contributed by atoms with Gasteiger partial charge in [-0.05, 0) is 62.6 Å². The zero-order chi connectivity index (χ0) is 32.9. The Labute approximate surface area is 254 Å². The minimum absolute atomic E-state index is 0.0247. The van der Waals surface area contributed by atoms with E-state index in [1.807, 2.05) is 41.5 Å². The molecule has 0 radical (unpaired) electrons. The van der Waals surface area contributed by atoms with Gasteiger partial charge < -0.3 is 38.9 Å². The summed E-state index contributed by atoms with van der Waals surface area (Å²) >= 11 is 0. The molecule has 0 amide bonds. The molecule has 0 aliphatic carbocycles. The second-order valence-corrected chi connectivity index (χ2v) is 11.9. The molecule has 0 aliphatic rings. The quantitative estimate of drug-likeness (QED) is 0.136. The van der Waals surface area contributed by atoms with Crippen LogP contribution in [0.15, 0.2) is 18.2 Å². The van der Waals surface area contributed by atoms with Crippen LogP contribution in [0.25, 0.3) is 0 Å². The number of carbonyl (C=O) groups is 4. The van der Waals surface area contributed by atoms with Gasteiger partial charge in [0.05, 0.1) is 13.7 Å². The molecule has 0 saturated carbocycles. The van der Waals surface area contributed by atoms with Crippen molar-refractivity contribution >= 4 is 24.4 Å². The van der Waals surface area contributed by atoms with Crippen molar-refractivity contribution in [3.05, 3.63) is 23.8 Å². The van der Waals surface area contributed by atoms with Gasteiger partial charge in [-0.2, -0.15) is 0 Å². The summed E-state index contributed by atoms with van der Waals surface area (Å²) in [6, 6.07) is 4.32. The molecule has 1 aromatic rings. The van der Waals surface area contributed by atoms with Gasteiger partial charge in [0.1, 0.15) is 23.9 Å². The van der Waals surface area contributed by atoms with Crippen LogP contribution in [0.5, 0.6) is 11.5 Å². The molecule has 0 spiro atoms. The first kappa shape index (κ1) is 37.5. The SMILES string of the molecule is COC(=O)C(N)(Cc1ccc(OC(=O)O[C@@H](C)C(C)C)c(OC(=O)OC(C)C(C)C)c1)C[C@H](C)OC(=O)OCCC(C)C. The molecule has 2 unspecified atom stereocenters. The summed E-state index contributed by atoms with van der Waals surface area (Å²) in [5.74, 6) is -0.602. The number of rotatable bonds is 15.